The summed E-state index contributed by atoms with van der Waals surface area (Å²) in [6.45, 7) is 1.63. The summed E-state index contributed by atoms with van der Waals surface area (Å²) in [4.78, 5) is 33.1. The van der Waals surface area contributed by atoms with Crippen molar-refractivity contribution >= 4 is 29.4 Å². The third-order valence-corrected chi connectivity index (χ3v) is 3.14. The Hall–Kier alpha value is -1.08. The highest BCUT2D eigenvalue weighted by Gasteiger charge is 2.16. The second-order valence-electron chi connectivity index (χ2n) is 3.43. The summed E-state index contributed by atoms with van der Waals surface area (Å²) >= 11 is 1.39. The lowest BCUT2D eigenvalue weighted by Crippen LogP contribution is -2.46. The smallest absolute Gasteiger partial charge is 0.238 e. The van der Waals surface area contributed by atoms with Gasteiger partial charge >= 0.3 is 0 Å². The molecule has 0 spiro atoms. The van der Waals surface area contributed by atoms with Gasteiger partial charge in [0.25, 0.3) is 0 Å². The number of likely N-dealkylation sites (N-methyl/N-ethyl adjacent to an activating group) is 1. The number of primary amides is 1. The molecule has 0 aliphatic carbocycles. The van der Waals surface area contributed by atoms with Gasteiger partial charge in [-0.1, -0.05) is 6.92 Å². The molecule has 0 rings (SSSR count). The zero-order valence-electron chi connectivity index (χ0n) is 10.1. The summed E-state index contributed by atoms with van der Waals surface area (Å²) in [6, 6.07) is -0.427. The van der Waals surface area contributed by atoms with Gasteiger partial charge in [0.2, 0.25) is 11.8 Å². The molecule has 0 heterocycles. The van der Waals surface area contributed by atoms with Crippen LogP contribution in [0.5, 0.6) is 0 Å². The first-order valence-corrected chi connectivity index (χ1v) is 6.49. The largest absolute Gasteiger partial charge is 0.368 e. The van der Waals surface area contributed by atoms with Crippen molar-refractivity contribution in [3.8, 4) is 0 Å². The van der Waals surface area contributed by atoms with E-state index in [0.29, 0.717) is 17.9 Å². The Morgan fingerprint density at radius 1 is 1.35 bits per heavy atom. The fraction of sp³-hybridized carbons (Fsp3) is 0.700. The van der Waals surface area contributed by atoms with Crippen molar-refractivity contribution < 1.29 is 14.4 Å². The van der Waals surface area contributed by atoms with Gasteiger partial charge in [-0.15, -0.1) is 0 Å². The van der Waals surface area contributed by atoms with E-state index >= 15 is 0 Å². The molecule has 0 bridgehead atoms. The van der Waals surface area contributed by atoms with Crippen LogP contribution < -0.4 is 16.4 Å². The molecule has 0 radical (unpaired) electrons. The van der Waals surface area contributed by atoms with Gasteiger partial charge in [0.05, 0.1) is 18.3 Å². The molecular weight excluding hydrogens is 242 g/mol. The fourth-order valence-corrected chi connectivity index (χ4v) is 2.08. The van der Waals surface area contributed by atoms with E-state index in [1.165, 1.54) is 11.8 Å². The van der Waals surface area contributed by atoms with Crippen LogP contribution in [0.2, 0.25) is 0 Å². The number of Topliss-reactive ketones (excluding diaryl/α,β-unsaturated/α-hetero) is 1. The van der Waals surface area contributed by atoms with Crippen LogP contribution in [0, 0.1) is 0 Å². The number of hydrogen-bond donors (Lipinski definition) is 3. The third kappa shape index (κ3) is 7.76. The number of nitrogens with one attached hydrogen (secondary N) is 2. The van der Waals surface area contributed by atoms with Gasteiger partial charge in [-0.2, -0.15) is 11.8 Å². The Labute approximate surface area is 105 Å². The second-order valence-corrected chi connectivity index (χ2v) is 4.46. The summed E-state index contributed by atoms with van der Waals surface area (Å²) in [7, 11) is 1.65. The maximum absolute atomic E-state index is 11.5. The van der Waals surface area contributed by atoms with E-state index in [1.807, 2.05) is 0 Å². The summed E-state index contributed by atoms with van der Waals surface area (Å²) in [5, 5.41) is 5.23. The van der Waals surface area contributed by atoms with Crippen molar-refractivity contribution in [1.29, 1.82) is 0 Å². The first kappa shape index (κ1) is 15.9. The van der Waals surface area contributed by atoms with Crippen LogP contribution in [0.4, 0.5) is 0 Å². The summed E-state index contributed by atoms with van der Waals surface area (Å²) < 4.78 is 0. The van der Waals surface area contributed by atoms with Crippen LogP contribution in [-0.4, -0.2) is 48.7 Å². The molecule has 4 N–H and O–H groups in total. The molecule has 0 saturated carbocycles. The summed E-state index contributed by atoms with van der Waals surface area (Å²) in [5.41, 5.74) is 4.92. The van der Waals surface area contributed by atoms with Crippen molar-refractivity contribution in [2.24, 2.45) is 5.73 Å². The van der Waals surface area contributed by atoms with Crippen molar-refractivity contribution in [2.45, 2.75) is 19.4 Å². The first-order chi connectivity index (χ1) is 8.01. The molecule has 6 nitrogen and oxygen atoms in total. The predicted molar refractivity (Wildman–Crippen MR) is 67.7 cm³/mol. The topological polar surface area (TPSA) is 101 Å². The standard InChI is InChI=1S/C10H19N3O3S/c1-3-7(14)5-17-6-8(12-2)10(16)13-4-9(11)15/h8,12H,3-6H2,1-2H3,(H2,11,15)(H,13,16). The minimum Gasteiger partial charge on any atom is -0.368 e. The number of carbonyl (C=O) groups is 3. The van der Waals surface area contributed by atoms with Crippen molar-refractivity contribution in [3.63, 3.8) is 0 Å². The summed E-state index contributed by atoms with van der Waals surface area (Å²) in [6.07, 6.45) is 0.505. The van der Waals surface area contributed by atoms with Crippen LogP contribution in [0.3, 0.4) is 0 Å². The molecule has 0 aromatic carbocycles. The van der Waals surface area contributed by atoms with Gasteiger partial charge in [0.15, 0.2) is 0 Å². The van der Waals surface area contributed by atoms with Gasteiger partial charge in [-0.05, 0) is 7.05 Å². The SMILES string of the molecule is CCC(=O)CSCC(NC)C(=O)NCC(N)=O. The Morgan fingerprint density at radius 3 is 2.47 bits per heavy atom. The number of thioether (sulfide) groups is 1. The van der Waals surface area contributed by atoms with E-state index in [1.54, 1.807) is 14.0 Å². The number of rotatable bonds is 9. The van der Waals surface area contributed by atoms with Crippen molar-refractivity contribution in [3.05, 3.63) is 0 Å². The Kier molecular flexibility index (Phi) is 8.43. The van der Waals surface area contributed by atoms with Crippen molar-refractivity contribution in [2.75, 3.05) is 25.1 Å². The monoisotopic (exact) mass is 261 g/mol. The maximum Gasteiger partial charge on any atom is 0.238 e. The number of hydrogen-bond acceptors (Lipinski definition) is 5. The predicted octanol–water partition coefficient (Wildman–Crippen LogP) is -1.11. The zero-order valence-corrected chi connectivity index (χ0v) is 10.9. The molecule has 0 aromatic rings. The minimum atomic E-state index is -0.581. The van der Waals surface area contributed by atoms with Gasteiger partial charge in [-0.3, -0.25) is 14.4 Å². The Bertz CT molecular complexity index is 284. The molecule has 0 aliphatic heterocycles. The van der Waals surface area contributed by atoms with Crippen LogP contribution in [0.1, 0.15) is 13.3 Å². The average molecular weight is 261 g/mol. The number of nitrogens with two attached hydrogens (primary N) is 1. The quantitative estimate of drug-likeness (QED) is 0.488. The van der Waals surface area contributed by atoms with Gasteiger partial charge in [0, 0.05) is 12.2 Å². The Balaban J connectivity index is 3.93. The fourth-order valence-electron chi connectivity index (χ4n) is 0.980. The van der Waals surface area contributed by atoms with Crippen LogP contribution >= 0.6 is 11.8 Å². The lowest BCUT2D eigenvalue weighted by Gasteiger charge is -2.14. The molecule has 0 aromatic heterocycles. The van der Waals surface area contributed by atoms with E-state index in [4.69, 9.17) is 5.73 Å². The lowest BCUT2D eigenvalue weighted by molar-refractivity contribution is -0.125. The molecule has 98 valence electrons. The molecule has 0 fully saturated rings. The molecular formula is C10H19N3O3S. The number of carbonyl (C=O) groups excluding carboxylic acids is 3. The third-order valence-electron chi connectivity index (χ3n) is 2.04. The van der Waals surface area contributed by atoms with E-state index in [2.05, 4.69) is 10.6 Å². The summed E-state index contributed by atoms with van der Waals surface area (Å²) in [5.74, 6) is 0.164. The number of ketones is 1. The molecule has 1 unspecified atom stereocenters. The van der Waals surface area contributed by atoms with E-state index < -0.39 is 11.9 Å². The number of amides is 2. The van der Waals surface area contributed by atoms with Gasteiger partial charge in [0.1, 0.15) is 5.78 Å². The minimum absolute atomic E-state index is 0.155. The zero-order chi connectivity index (χ0) is 13.3. The maximum atomic E-state index is 11.5. The molecule has 0 saturated heterocycles. The first-order valence-electron chi connectivity index (χ1n) is 5.34. The van der Waals surface area contributed by atoms with Crippen LogP contribution in [-0.2, 0) is 14.4 Å². The molecule has 0 aliphatic rings. The van der Waals surface area contributed by atoms with Crippen LogP contribution in [0.15, 0.2) is 0 Å². The average Bonchev–Trinajstić information content (AvgIpc) is 2.31. The lowest BCUT2D eigenvalue weighted by atomic mass is 10.3. The van der Waals surface area contributed by atoms with Crippen LogP contribution in [0.25, 0.3) is 0 Å². The molecule has 2 amide bonds. The Morgan fingerprint density at radius 2 is 2.00 bits per heavy atom. The second kappa shape index (κ2) is 9.00. The normalized spacial score (nSPS) is 11.9. The molecule has 7 heteroatoms. The van der Waals surface area contributed by atoms with E-state index in [0.717, 1.165) is 0 Å². The molecule has 17 heavy (non-hydrogen) atoms. The van der Waals surface area contributed by atoms with Crippen molar-refractivity contribution in [1.82, 2.24) is 10.6 Å². The highest BCUT2D eigenvalue weighted by atomic mass is 32.2. The highest BCUT2D eigenvalue weighted by molar-refractivity contribution is 8.00. The van der Waals surface area contributed by atoms with Gasteiger partial charge < -0.3 is 16.4 Å². The van der Waals surface area contributed by atoms with Gasteiger partial charge in [-0.25, -0.2) is 0 Å². The van der Waals surface area contributed by atoms with E-state index in [-0.39, 0.29) is 18.2 Å². The highest BCUT2D eigenvalue weighted by Crippen LogP contribution is 2.04. The molecule has 1 atom stereocenters. The van der Waals surface area contributed by atoms with E-state index in [9.17, 15) is 14.4 Å².